The fraction of sp³-hybridized carbons (Fsp3) is 0.917. The number of hydrogen-bond donors (Lipinski definition) is 0. The summed E-state index contributed by atoms with van der Waals surface area (Å²) in [5.74, 6) is 0.828. The number of amides is 1. The molecule has 0 bridgehead atoms. The lowest BCUT2D eigenvalue weighted by molar-refractivity contribution is -0.149. The number of ether oxygens (including phenoxy) is 1. The minimum atomic E-state index is -0.568. The zero-order valence-electron chi connectivity index (χ0n) is 10.3. The number of hydrogen-bond acceptors (Lipinski definition) is 2. The molecule has 0 spiro atoms. The molecule has 94 valence electrons. The minimum Gasteiger partial charge on any atom is -0.365 e. The van der Waals surface area contributed by atoms with Crippen LogP contribution >= 0.6 is 11.6 Å². The van der Waals surface area contributed by atoms with Gasteiger partial charge in [-0.3, -0.25) is 4.79 Å². The standard InChI is InChI=1S/C12H22ClNO2/c1-12(7-6-10-16-12)11(15)14(2)9-5-3-4-8-13/h3-10H2,1-2H3. The molecule has 1 rings (SSSR count). The van der Waals surface area contributed by atoms with Crippen LogP contribution in [0.5, 0.6) is 0 Å². The molecule has 1 amide bonds. The second-order valence-electron chi connectivity index (χ2n) is 4.66. The predicted molar refractivity (Wildman–Crippen MR) is 65.8 cm³/mol. The Morgan fingerprint density at radius 2 is 2.19 bits per heavy atom. The largest absolute Gasteiger partial charge is 0.365 e. The summed E-state index contributed by atoms with van der Waals surface area (Å²) in [6, 6.07) is 0. The third-order valence-electron chi connectivity index (χ3n) is 3.15. The first-order valence-corrected chi connectivity index (χ1v) is 6.59. The molecule has 0 N–H and O–H groups in total. The number of carbonyl (C=O) groups is 1. The fourth-order valence-corrected chi connectivity index (χ4v) is 2.26. The molecule has 0 aromatic rings. The van der Waals surface area contributed by atoms with Crippen molar-refractivity contribution in [2.45, 2.75) is 44.6 Å². The van der Waals surface area contributed by atoms with Gasteiger partial charge in [-0.1, -0.05) is 6.42 Å². The van der Waals surface area contributed by atoms with E-state index in [0.717, 1.165) is 38.6 Å². The summed E-state index contributed by atoms with van der Waals surface area (Å²) in [5.41, 5.74) is -0.568. The molecule has 1 heterocycles. The molecule has 3 nitrogen and oxygen atoms in total. The van der Waals surface area contributed by atoms with Crippen LogP contribution in [0.3, 0.4) is 0 Å². The number of alkyl halides is 1. The lowest BCUT2D eigenvalue weighted by atomic mass is 10.0. The monoisotopic (exact) mass is 247 g/mol. The van der Waals surface area contributed by atoms with Gasteiger partial charge in [-0.2, -0.15) is 0 Å². The molecule has 1 fully saturated rings. The topological polar surface area (TPSA) is 29.5 Å². The molecule has 1 aliphatic rings. The second-order valence-corrected chi connectivity index (χ2v) is 5.04. The molecule has 4 heteroatoms. The summed E-state index contributed by atoms with van der Waals surface area (Å²) in [5, 5.41) is 0. The predicted octanol–water partition coefficient (Wildman–Crippen LogP) is 2.42. The van der Waals surface area contributed by atoms with Crippen LogP contribution in [-0.2, 0) is 9.53 Å². The summed E-state index contributed by atoms with van der Waals surface area (Å²) in [7, 11) is 1.86. The molecule has 1 atom stereocenters. The van der Waals surface area contributed by atoms with Gasteiger partial charge in [-0.05, 0) is 32.6 Å². The van der Waals surface area contributed by atoms with Gasteiger partial charge >= 0.3 is 0 Å². The van der Waals surface area contributed by atoms with E-state index in [0.29, 0.717) is 12.5 Å². The Kier molecular flexibility index (Phi) is 5.56. The maximum atomic E-state index is 12.1. The van der Waals surface area contributed by atoms with Crippen molar-refractivity contribution in [2.75, 3.05) is 26.1 Å². The highest BCUT2D eigenvalue weighted by molar-refractivity contribution is 6.17. The number of unbranched alkanes of at least 4 members (excludes halogenated alkanes) is 2. The molecule has 0 aromatic heterocycles. The average molecular weight is 248 g/mol. The van der Waals surface area contributed by atoms with E-state index in [4.69, 9.17) is 16.3 Å². The Morgan fingerprint density at radius 3 is 2.75 bits per heavy atom. The van der Waals surface area contributed by atoms with Crippen molar-refractivity contribution in [3.05, 3.63) is 0 Å². The molecule has 0 aliphatic carbocycles. The zero-order chi connectivity index (χ0) is 12.0. The highest BCUT2D eigenvalue weighted by atomic mass is 35.5. The van der Waals surface area contributed by atoms with Crippen molar-refractivity contribution in [1.29, 1.82) is 0 Å². The Bertz CT molecular complexity index is 227. The van der Waals surface area contributed by atoms with E-state index in [9.17, 15) is 4.79 Å². The number of nitrogens with zero attached hydrogens (tertiary/aromatic N) is 1. The van der Waals surface area contributed by atoms with Gasteiger partial charge < -0.3 is 9.64 Å². The summed E-state index contributed by atoms with van der Waals surface area (Å²) in [4.78, 5) is 13.9. The second kappa shape index (κ2) is 6.45. The third kappa shape index (κ3) is 3.63. The van der Waals surface area contributed by atoms with Crippen molar-refractivity contribution in [2.24, 2.45) is 0 Å². The van der Waals surface area contributed by atoms with Crippen molar-refractivity contribution in [1.82, 2.24) is 4.90 Å². The number of halogens is 1. The van der Waals surface area contributed by atoms with Gasteiger partial charge in [0.25, 0.3) is 5.91 Å². The number of carbonyl (C=O) groups excluding carboxylic acids is 1. The van der Waals surface area contributed by atoms with Crippen molar-refractivity contribution in [3.8, 4) is 0 Å². The van der Waals surface area contributed by atoms with Gasteiger partial charge in [0.05, 0.1) is 0 Å². The fourth-order valence-electron chi connectivity index (χ4n) is 2.07. The Labute approximate surface area is 103 Å². The Balaban J connectivity index is 2.30. The van der Waals surface area contributed by atoms with Crippen molar-refractivity contribution >= 4 is 17.5 Å². The SMILES string of the molecule is CN(CCCCCCl)C(=O)C1(C)CCCO1. The minimum absolute atomic E-state index is 0.121. The van der Waals surface area contributed by atoms with Gasteiger partial charge in [0, 0.05) is 26.1 Å². The van der Waals surface area contributed by atoms with Crippen LogP contribution in [0.25, 0.3) is 0 Å². The van der Waals surface area contributed by atoms with Crippen LogP contribution in [0.2, 0.25) is 0 Å². The third-order valence-corrected chi connectivity index (χ3v) is 3.41. The molecule has 0 saturated carbocycles. The first-order valence-electron chi connectivity index (χ1n) is 6.05. The van der Waals surface area contributed by atoms with Crippen LogP contribution in [0.1, 0.15) is 39.0 Å². The molecule has 16 heavy (non-hydrogen) atoms. The normalized spacial score (nSPS) is 24.7. The molecule has 0 radical (unpaired) electrons. The van der Waals surface area contributed by atoms with E-state index in [-0.39, 0.29) is 5.91 Å². The molecular weight excluding hydrogens is 226 g/mol. The smallest absolute Gasteiger partial charge is 0.254 e. The highest BCUT2D eigenvalue weighted by Gasteiger charge is 2.39. The van der Waals surface area contributed by atoms with Gasteiger partial charge in [-0.15, -0.1) is 11.6 Å². The Morgan fingerprint density at radius 1 is 1.44 bits per heavy atom. The van der Waals surface area contributed by atoms with Crippen molar-refractivity contribution < 1.29 is 9.53 Å². The van der Waals surface area contributed by atoms with Crippen molar-refractivity contribution in [3.63, 3.8) is 0 Å². The van der Waals surface area contributed by atoms with Gasteiger partial charge in [0.15, 0.2) is 0 Å². The maximum Gasteiger partial charge on any atom is 0.254 e. The quantitative estimate of drug-likeness (QED) is 0.533. The highest BCUT2D eigenvalue weighted by Crippen LogP contribution is 2.26. The summed E-state index contributed by atoms with van der Waals surface area (Å²) in [6.07, 6.45) is 4.96. The number of rotatable bonds is 6. The number of likely N-dealkylation sites (N-methyl/N-ethyl adjacent to an activating group) is 1. The van der Waals surface area contributed by atoms with E-state index >= 15 is 0 Å². The van der Waals surface area contributed by atoms with E-state index in [1.807, 2.05) is 14.0 Å². The molecule has 0 aromatic carbocycles. The van der Waals surface area contributed by atoms with E-state index < -0.39 is 5.60 Å². The summed E-state index contributed by atoms with van der Waals surface area (Å²) in [6.45, 7) is 3.41. The average Bonchev–Trinajstić information content (AvgIpc) is 2.71. The lowest BCUT2D eigenvalue weighted by Gasteiger charge is -2.28. The van der Waals surface area contributed by atoms with Gasteiger partial charge in [-0.25, -0.2) is 0 Å². The maximum absolute atomic E-state index is 12.1. The Hall–Kier alpha value is -0.280. The van der Waals surface area contributed by atoms with Gasteiger partial charge in [0.1, 0.15) is 5.60 Å². The van der Waals surface area contributed by atoms with Crippen LogP contribution in [0, 0.1) is 0 Å². The summed E-state index contributed by atoms with van der Waals surface area (Å²) < 4.78 is 5.54. The molecule has 1 aliphatic heterocycles. The van der Waals surface area contributed by atoms with E-state index in [2.05, 4.69) is 0 Å². The van der Waals surface area contributed by atoms with Crippen LogP contribution in [0.4, 0.5) is 0 Å². The molecule has 1 unspecified atom stereocenters. The van der Waals surface area contributed by atoms with E-state index in [1.165, 1.54) is 0 Å². The van der Waals surface area contributed by atoms with Crippen LogP contribution < -0.4 is 0 Å². The molecular formula is C12H22ClNO2. The lowest BCUT2D eigenvalue weighted by Crippen LogP contribution is -2.45. The van der Waals surface area contributed by atoms with Crippen LogP contribution in [-0.4, -0.2) is 42.5 Å². The first kappa shape index (κ1) is 13.8. The van der Waals surface area contributed by atoms with Gasteiger partial charge in [0.2, 0.25) is 0 Å². The first-order chi connectivity index (χ1) is 7.60. The zero-order valence-corrected chi connectivity index (χ0v) is 11.1. The van der Waals surface area contributed by atoms with E-state index in [1.54, 1.807) is 4.90 Å². The molecule has 1 saturated heterocycles. The van der Waals surface area contributed by atoms with Crippen LogP contribution in [0.15, 0.2) is 0 Å². The summed E-state index contributed by atoms with van der Waals surface area (Å²) >= 11 is 5.60.